The normalized spacial score (nSPS) is 22.9. The molecule has 0 atom stereocenters. The van der Waals surface area contributed by atoms with Crippen LogP contribution in [0.1, 0.15) is 26.2 Å². The molecule has 3 nitrogen and oxygen atoms in total. The summed E-state index contributed by atoms with van der Waals surface area (Å²) in [5, 5.41) is 0. The van der Waals surface area contributed by atoms with Gasteiger partial charge in [0.05, 0.1) is 5.75 Å². The first-order valence-corrected chi connectivity index (χ1v) is 6.89. The number of halogens is 1. The summed E-state index contributed by atoms with van der Waals surface area (Å²) >= 11 is 0. The Kier molecular flexibility index (Phi) is 3.60. The molecule has 1 aliphatic heterocycles. The van der Waals surface area contributed by atoms with E-state index in [4.69, 9.17) is 15.4 Å². The summed E-state index contributed by atoms with van der Waals surface area (Å²) < 4.78 is 26.7. The Morgan fingerprint density at radius 3 is 2.38 bits per heavy atom. The second-order valence-corrected chi connectivity index (χ2v) is 6.81. The third-order valence-electron chi connectivity index (χ3n) is 2.65. The fraction of sp³-hybridized carbons (Fsp3) is 1.00. The second-order valence-electron chi connectivity index (χ2n) is 3.92. The zero-order valence-corrected chi connectivity index (χ0v) is 9.33. The molecule has 0 aromatic heterocycles. The molecule has 0 N–H and O–H groups in total. The van der Waals surface area contributed by atoms with Crippen molar-refractivity contribution in [1.29, 1.82) is 0 Å². The molecule has 5 heteroatoms. The van der Waals surface area contributed by atoms with Gasteiger partial charge in [-0.1, -0.05) is 6.92 Å². The summed E-state index contributed by atoms with van der Waals surface area (Å²) in [5.41, 5.74) is 0.0974. The lowest BCUT2D eigenvalue weighted by Gasteiger charge is -2.33. The molecule has 1 saturated heterocycles. The van der Waals surface area contributed by atoms with E-state index in [2.05, 4.69) is 6.92 Å². The number of rotatable bonds is 3. The predicted molar refractivity (Wildman–Crippen MR) is 52.4 cm³/mol. The summed E-state index contributed by atoms with van der Waals surface area (Å²) in [5.74, 6) is 0.0745. The quantitative estimate of drug-likeness (QED) is 0.689. The average Bonchev–Trinajstić information content (AvgIpc) is 2.02. The van der Waals surface area contributed by atoms with Gasteiger partial charge < -0.3 is 4.74 Å². The molecule has 1 heterocycles. The molecule has 78 valence electrons. The minimum Gasteiger partial charge on any atom is -0.381 e. The van der Waals surface area contributed by atoms with Gasteiger partial charge in [0.1, 0.15) is 0 Å². The van der Waals surface area contributed by atoms with E-state index >= 15 is 0 Å². The number of hydrogen-bond acceptors (Lipinski definition) is 3. The molecule has 0 unspecified atom stereocenters. The van der Waals surface area contributed by atoms with E-state index in [1.54, 1.807) is 0 Å². The standard InChI is InChI=1S/C8H15ClO3S/c1-8(2-5-12-6-3-8)4-7-13(9,10)11/h2-7H2,1H3. The van der Waals surface area contributed by atoms with E-state index in [1.165, 1.54) is 0 Å². The first-order valence-electron chi connectivity index (χ1n) is 4.41. The first-order chi connectivity index (χ1) is 5.91. The van der Waals surface area contributed by atoms with Crippen molar-refractivity contribution in [3.63, 3.8) is 0 Å². The monoisotopic (exact) mass is 226 g/mol. The maximum Gasteiger partial charge on any atom is 0.232 e. The van der Waals surface area contributed by atoms with Crippen molar-refractivity contribution in [3.8, 4) is 0 Å². The summed E-state index contributed by atoms with van der Waals surface area (Å²) in [6.45, 7) is 3.56. The zero-order valence-electron chi connectivity index (χ0n) is 7.75. The lowest BCUT2D eigenvalue weighted by atomic mass is 9.80. The van der Waals surface area contributed by atoms with Gasteiger partial charge in [0, 0.05) is 23.9 Å². The van der Waals surface area contributed by atoms with Crippen molar-refractivity contribution in [2.45, 2.75) is 26.2 Å². The molecular formula is C8H15ClO3S. The molecule has 0 amide bonds. The number of ether oxygens (including phenoxy) is 1. The van der Waals surface area contributed by atoms with E-state index in [-0.39, 0.29) is 11.2 Å². The van der Waals surface area contributed by atoms with Crippen molar-refractivity contribution < 1.29 is 13.2 Å². The van der Waals surface area contributed by atoms with Crippen LogP contribution >= 0.6 is 10.7 Å². The molecule has 0 bridgehead atoms. The Bertz CT molecular complexity index is 255. The van der Waals surface area contributed by atoms with Gasteiger partial charge in [-0.15, -0.1) is 0 Å². The van der Waals surface area contributed by atoms with Crippen molar-refractivity contribution in [1.82, 2.24) is 0 Å². The highest BCUT2D eigenvalue weighted by Crippen LogP contribution is 2.33. The smallest absolute Gasteiger partial charge is 0.232 e. The van der Waals surface area contributed by atoms with Crippen LogP contribution in [-0.2, 0) is 13.8 Å². The minimum atomic E-state index is -3.33. The first kappa shape index (κ1) is 11.3. The molecule has 0 radical (unpaired) electrons. The largest absolute Gasteiger partial charge is 0.381 e. The molecule has 0 aromatic carbocycles. The van der Waals surface area contributed by atoms with Crippen LogP contribution in [0.4, 0.5) is 0 Å². The van der Waals surface area contributed by atoms with E-state index in [1.807, 2.05) is 0 Å². The molecule has 0 spiro atoms. The Morgan fingerprint density at radius 2 is 1.92 bits per heavy atom. The van der Waals surface area contributed by atoms with Crippen molar-refractivity contribution in [2.24, 2.45) is 5.41 Å². The van der Waals surface area contributed by atoms with E-state index < -0.39 is 9.05 Å². The summed E-state index contributed by atoms with van der Waals surface area (Å²) in [6, 6.07) is 0. The van der Waals surface area contributed by atoms with Crippen molar-refractivity contribution >= 4 is 19.7 Å². The maximum atomic E-state index is 10.8. The topological polar surface area (TPSA) is 43.4 Å². The van der Waals surface area contributed by atoms with Crippen LogP contribution < -0.4 is 0 Å². The van der Waals surface area contributed by atoms with Crippen LogP contribution in [0.15, 0.2) is 0 Å². The Balaban J connectivity index is 2.42. The van der Waals surface area contributed by atoms with Crippen molar-refractivity contribution in [2.75, 3.05) is 19.0 Å². The maximum absolute atomic E-state index is 10.8. The minimum absolute atomic E-state index is 0.0745. The molecule has 0 aromatic rings. The SMILES string of the molecule is CC1(CCS(=O)(=O)Cl)CCOCC1. The van der Waals surface area contributed by atoms with Gasteiger partial charge in [0.2, 0.25) is 9.05 Å². The average molecular weight is 227 g/mol. The van der Waals surface area contributed by atoms with E-state index in [9.17, 15) is 8.42 Å². The summed E-state index contributed by atoms with van der Waals surface area (Å²) in [4.78, 5) is 0. The third kappa shape index (κ3) is 4.29. The third-order valence-corrected chi connectivity index (χ3v) is 3.80. The second kappa shape index (κ2) is 4.15. The van der Waals surface area contributed by atoms with E-state index in [0.29, 0.717) is 6.42 Å². The van der Waals surface area contributed by atoms with Gasteiger partial charge in [-0.3, -0.25) is 0 Å². The molecule has 0 saturated carbocycles. The Labute approximate surface area is 83.8 Å². The van der Waals surface area contributed by atoms with Gasteiger partial charge in [-0.25, -0.2) is 8.42 Å². The van der Waals surface area contributed by atoms with Gasteiger partial charge >= 0.3 is 0 Å². The highest BCUT2D eigenvalue weighted by molar-refractivity contribution is 8.13. The van der Waals surface area contributed by atoms with E-state index in [0.717, 1.165) is 26.1 Å². The summed E-state index contributed by atoms with van der Waals surface area (Å²) in [6.07, 6.45) is 2.50. The highest BCUT2D eigenvalue weighted by Gasteiger charge is 2.28. The molecule has 1 fully saturated rings. The molecular weight excluding hydrogens is 212 g/mol. The van der Waals surface area contributed by atoms with Crippen LogP contribution in [0.2, 0.25) is 0 Å². The fourth-order valence-electron chi connectivity index (χ4n) is 1.48. The van der Waals surface area contributed by atoms with Crippen LogP contribution in [0.5, 0.6) is 0 Å². The zero-order chi connectivity index (χ0) is 9.95. The van der Waals surface area contributed by atoms with Crippen molar-refractivity contribution in [3.05, 3.63) is 0 Å². The van der Waals surface area contributed by atoms with Crippen LogP contribution in [0, 0.1) is 5.41 Å². The lowest BCUT2D eigenvalue weighted by molar-refractivity contribution is 0.0225. The molecule has 1 aliphatic rings. The van der Waals surface area contributed by atoms with Gasteiger partial charge in [0.25, 0.3) is 0 Å². The van der Waals surface area contributed by atoms with Crippen LogP contribution in [-0.4, -0.2) is 27.4 Å². The fourth-order valence-corrected chi connectivity index (χ4v) is 2.45. The van der Waals surface area contributed by atoms with Crippen LogP contribution in [0.25, 0.3) is 0 Å². The molecule has 13 heavy (non-hydrogen) atoms. The molecule has 0 aliphatic carbocycles. The number of hydrogen-bond donors (Lipinski definition) is 0. The van der Waals surface area contributed by atoms with Gasteiger partial charge in [-0.2, -0.15) is 0 Å². The summed E-state index contributed by atoms with van der Waals surface area (Å²) in [7, 11) is 1.83. The van der Waals surface area contributed by atoms with Gasteiger partial charge in [-0.05, 0) is 24.7 Å². The Hall–Kier alpha value is 0.200. The molecule has 1 rings (SSSR count). The van der Waals surface area contributed by atoms with Gasteiger partial charge in [0.15, 0.2) is 0 Å². The van der Waals surface area contributed by atoms with Crippen LogP contribution in [0.3, 0.4) is 0 Å². The highest BCUT2D eigenvalue weighted by atomic mass is 35.7. The lowest BCUT2D eigenvalue weighted by Crippen LogP contribution is -2.28. The predicted octanol–water partition coefficient (Wildman–Crippen LogP) is 1.76. The Morgan fingerprint density at radius 1 is 1.38 bits per heavy atom.